The smallest absolute Gasteiger partial charge is 0.409 e. The van der Waals surface area contributed by atoms with Gasteiger partial charge in [0.15, 0.2) is 0 Å². The van der Waals surface area contributed by atoms with Gasteiger partial charge in [-0.2, -0.15) is 0 Å². The van der Waals surface area contributed by atoms with Crippen molar-refractivity contribution < 1.29 is 9.53 Å². The maximum absolute atomic E-state index is 11.6. The van der Waals surface area contributed by atoms with Crippen molar-refractivity contribution in [2.45, 2.75) is 32.4 Å². The molecule has 1 aromatic rings. The van der Waals surface area contributed by atoms with E-state index in [0.29, 0.717) is 12.6 Å². The molecular formula is C13H19BrN2O2S. The van der Waals surface area contributed by atoms with Crippen LogP contribution in [0.3, 0.4) is 0 Å². The van der Waals surface area contributed by atoms with Crippen molar-refractivity contribution in [1.29, 1.82) is 0 Å². The number of thiophene rings is 1. The second-order valence-electron chi connectivity index (χ2n) is 4.53. The van der Waals surface area contributed by atoms with Gasteiger partial charge in [0.05, 0.1) is 6.61 Å². The topological polar surface area (TPSA) is 41.6 Å². The molecular weight excluding hydrogens is 328 g/mol. The highest BCUT2D eigenvalue weighted by Gasteiger charge is 2.23. The predicted molar refractivity (Wildman–Crippen MR) is 80.5 cm³/mol. The Hall–Kier alpha value is -0.590. The molecule has 0 unspecified atom stereocenters. The van der Waals surface area contributed by atoms with E-state index in [0.717, 1.165) is 32.5 Å². The molecule has 0 radical (unpaired) electrons. The minimum Gasteiger partial charge on any atom is -0.450 e. The largest absolute Gasteiger partial charge is 0.450 e. The lowest BCUT2D eigenvalue weighted by atomic mass is 10.1. The summed E-state index contributed by atoms with van der Waals surface area (Å²) < 4.78 is 6.19. The summed E-state index contributed by atoms with van der Waals surface area (Å²) in [6, 6.07) is 2.56. The minimum absolute atomic E-state index is 0.179. The van der Waals surface area contributed by atoms with E-state index < -0.39 is 0 Å². The third kappa shape index (κ3) is 4.19. The normalized spacial score (nSPS) is 16.6. The Bertz CT molecular complexity index is 417. The van der Waals surface area contributed by atoms with Crippen LogP contribution in [0, 0.1) is 0 Å². The van der Waals surface area contributed by atoms with Gasteiger partial charge in [-0.1, -0.05) is 0 Å². The van der Waals surface area contributed by atoms with Crippen LogP contribution in [0.2, 0.25) is 0 Å². The van der Waals surface area contributed by atoms with Crippen molar-refractivity contribution in [3.63, 3.8) is 0 Å². The van der Waals surface area contributed by atoms with Crippen molar-refractivity contribution in [2.24, 2.45) is 0 Å². The number of ether oxygens (including phenoxy) is 1. The summed E-state index contributed by atoms with van der Waals surface area (Å²) in [5, 5.41) is 5.65. The number of carbonyl (C=O) groups excluding carboxylic acids is 1. The molecule has 6 heteroatoms. The van der Waals surface area contributed by atoms with Gasteiger partial charge in [-0.15, -0.1) is 11.3 Å². The van der Waals surface area contributed by atoms with Crippen LogP contribution in [0.4, 0.5) is 4.79 Å². The summed E-state index contributed by atoms with van der Waals surface area (Å²) >= 11 is 5.29. The van der Waals surface area contributed by atoms with Crippen LogP contribution in [0.25, 0.3) is 0 Å². The molecule has 1 saturated heterocycles. The zero-order valence-corrected chi connectivity index (χ0v) is 13.4. The first-order chi connectivity index (χ1) is 9.20. The van der Waals surface area contributed by atoms with E-state index in [1.807, 2.05) is 6.92 Å². The number of piperidine rings is 1. The van der Waals surface area contributed by atoms with E-state index in [4.69, 9.17) is 4.74 Å². The van der Waals surface area contributed by atoms with E-state index in [1.165, 1.54) is 9.35 Å². The molecule has 0 spiro atoms. The highest BCUT2D eigenvalue weighted by Crippen LogP contribution is 2.23. The fourth-order valence-corrected chi connectivity index (χ4v) is 3.61. The number of carbonyl (C=O) groups is 1. The number of likely N-dealkylation sites (tertiary alicyclic amines) is 1. The summed E-state index contributed by atoms with van der Waals surface area (Å²) in [5.74, 6) is 0. The summed E-state index contributed by atoms with van der Waals surface area (Å²) in [7, 11) is 0. The van der Waals surface area contributed by atoms with Gasteiger partial charge in [0.25, 0.3) is 0 Å². The maximum atomic E-state index is 11.6. The van der Waals surface area contributed by atoms with E-state index in [9.17, 15) is 4.79 Å². The van der Waals surface area contributed by atoms with Gasteiger partial charge in [0, 0.05) is 35.0 Å². The highest BCUT2D eigenvalue weighted by atomic mass is 79.9. The molecule has 19 heavy (non-hydrogen) atoms. The highest BCUT2D eigenvalue weighted by molar-refractivity contribution is 9.10. The number of amides is 1. The van der Waals surface area contributed by atoms with Gasteiger partial charge in [-0.25, -0.2) is 4.79 Å². The molecule has 1 aliphatic heterocycles. The zero-order chi connectivity index (χ0) is 13.7. The number of halogens is 1. The Morgan fingerprint density at radius 3 is 2.89 bits per heavy atom. The summed E-state index contributed by atoms with van der Waals surface area (Å²) in [6.07, 6.45) is 1.80. The van der Waals surface area contributed by atoms with E-state index in [-0.39, 0.29) is 6.09 Å². The van der Waals surface area contributed by atoms with Crippen molar-refractivity contribution in [2.75, 3.05) is 19.7 Å². The molecule has 0 atom stereocenters. The molecule has 1 N–H and O–H groups in total. The van der Waals surface area contributed by atoms with Crippen LogP contribution < -0.4 is 5.32 Å². The first kappa shape index (κ1) is 14.8. The molecule has 106 valence electrons. The van der Waals surface area contributed by atoms with Crippen molar-refractivity contribution >= 4 is 33.4 Å². The second kappa shape index (κ2) is 7.26. The van der Waals surface area contributed by atoms with Gasteiger partial charge in [-0.05, 0) is 47.1 Å². The fraction of sp³-hybridized carbons (Fsp3) is 0.615. The Labute approximate surface area is 126 Å². The number of rotatable bonds is 4. The van der Waals surface area contributed by atoms with Crippen LogP contribution in [0.1, 0.15) is 24.6 Å². The van der Waals surface area contributed by atoms with Gasteiger partial charge in [0.2, 0.25) is 0 Å². The molecule has 1 aliphatic rings. The number of hydrogen-bond acceptors (Lipinski definition) is 4. The average Bonchev–Trinajstić information content (AvgIpc) is 2.83. The van der Waals surface area contributed by atoms with Crippen LogP contribution >= 0.6 is 27.3 Å². The van der Waals surface area contributed by atoms with Gasteiger partial charge in [-0.3, -0.25) is 0 Å². The van der Waals surface area contributed by atoms with Crippen LogP contribution in [-0.2, 0) is 11.3 Å². The van der Waals surface area contributed by atoms with E-state index in [2.05, 4.69) is 32.7 Å². The van der Waals surface area contributed by atoms with Crippen molar-refractivity contribution in [1.82, 2.24) is 10.2 Å². The Morgan fingerprint density at radius 2 is 2.32 bits per heavy atom. The lowest BCUT2D eigenvalue weighted by Gasteiger charge is -2.31. The fourth-order valence-electron chi connectivity index (χ4n) is 2.17. The molecule has 2 heterocycles. The number of hydrogen-bond donors (Lipinski definition) is 1. The molecule has 2 rings (SSSR count). The first-order valence-corrected chi connectivity index (χ1v) is 8.25. The average molecular weight is 347 g/mol. The maximum Gasteiger partial charge on any atom is 0.409 e. The summed E-state index contributed by atoms with van der Waals surface area (Å²) in [6.45, 7) is 4.74. The molecule has 1 amide bonds. The minimum atomic E-state index is -0.179. The third-order valence-electron chi connectivity index (χ3n) is 3.26. The lowest BCUT2D eigenvalue weighted by molar-refractivity contribution is 0.0950. The van der Waals surface area contributed by atoms with Gasteiger partial charge in [0.1, 0.15) is 0 Å². The summed E-state index contributed by atoms with van der Waals surface area (Å²) in [5.41, 5.74) is 0. The zero-order valence-electron chi connectivity index (χ0n) is 11.0. The van der Waals surface area contributed by atoms with Crippen LogP contribution in [0.15, 0.2) is 15.9 Å². The quantitative estimate of drug-likeness (QED) is 0.909. The van der Waals surface area contributed by atoms with Crippen molar-refractivity contribution in [3.05, 3.63) is 20.8 Å². The van der Waals surface area contributed by atoms with Crippen LogP contribution in [-0.4, -0.2) is 36.7 Å². The van der Waals surface area contributed by atoms with Crippen molar-refractivity contribution in [3.8, 4) is 0 Å². The Morgan fingerprint density at radius 1 is 1.58 bits per heavy atom. The molecule has 4 nitrogen and oxygen atoms in total. The van der Waals surface area contributed by atoms with Gasteiger partial charge < -0.3 is 15.0 Å². The van der Waals surface area contributed by atoms with Gasteiger partial charge >= 0.3 is 6.09 Å². The molecule has 0 aromatic carbocycles. The first-order valence-electron chi connectivity index (χ1n) is 6.57. The molecule has 0 saturated carbocycles. The standard InChI is InChI=1S/C13H19BrN2O2S/c1-2-18-13(17)16-6-3-10(4-7-16)15-9-12-11(14)5-8-19-12/h5,8,10,15H,2-4,6-7,9H2,1H3. The molecule has 0 bridgehead atoms. The second-order valence-corrected chi connectivity index (χ2v) is 6.39. The van der Waals surface area contributed by atoms with E-state index >= 15 is 0 Å². The van der Waals surface area contributed by atoms with E-state index in [1.54, 1.807) is 16.2 Å². The predicted octanol–water partition coefficient (Wildman–Crippen LogP) is 3.22. The molecule has 1 fully saturated rings. The third-order valence-corrected chi connectivity index (χ3v) is 5.19. The Kier molecular flexibility index (Phi) is 5.66. The van der Waals surface area contributed by atoms with Crippen LogP contribution in [0.5, 0.6) is 0 Å². The molecule has 0 aliphatic carbocycles. The number of nitrogens with one attached hydrogen (secondary N) is 1. The summed E-state index contributed by atoms with van der Waals surface area (Å²) in [4.78, 5) is 14.7. The number of nitrogens with zero attached hydrogens (tertiary/aromatic N) is 1. The monoisotopic (exact) mass is 346 g/mol. The Balaban J connectivity index is 1.72. The lowest BCUT2D eigenvalue weighted by Crippen LogP contribution is -2.44. The molecule has 1 aromatic heterocycles. The SMILES string of the molecule is CCOC(=O)N1CCC(NCc2sccc2Br)CC1.